The number of halogens is 3. The molecule has 1 fully saturated rings. The van der Waals surface area contributed by atoms with Crippen LogP contribution < -0.4 is 10.2 Å². The number of nitrogens with one attached hydrogen (secondary N) is 1. The van der Waals surface area contributed by atoms with Gasteiger partial charge >= 0.3 is 0 Å². The summed E-state index contributed by atoms with van der Waals surface area (Å²) in [5, 5.41) is 21.5. The Morgan fingerprint density at radius 3 is 2.64 bits per heavy atom. The molecule has 1 aromatic heterocycles. The van der Waals surface area contributed by atoms with Crippen LogP contribution in [0.25, 0.3) is 10.9 Å². The maximum Gasteiger partial charge on any atom is 0.249 e. The van der Waals surface area contributed by atoms with E-state index in [-0.39, 0.29) is 12.0 Å². The molecule has 0 saturated carbocycles. The molecule has 3 N–H and O–H groups in total. The van der Waals surface area contributed by atoms with Gasteiger partial charge in [0, 0.05) is 17.6 Å². The van der Waals surface area contributed by atoms with Crippen LogP contribution in [-0.4, -0.2) is 52.8 Å². The smallest absolute Gasteiger partial charge is 0.249 e. The second-order valence-corrected chi connectivity index (χ2v) is 10.3. The van der Waals surface area contributed by atoms with Crippen LogP contribution in [0.4, 0.5) is 13.2 Å². The van der Waals surface area contributed by atoms with Gasteiger partial charge in [0.25, 0.3) is 0 Å². The summed E-state index contributed by atoms with van der Waals surface area (Å²) in [6, 6.07) is 7.02. The summed E-state index contributed by atoms with van der Waals surface area (Å²) in [4.78, 5) is 19.4. The number of fused-ring (bicyclic) bond motifs is 1. The summed E-state index contributed by atoms with van der Waals surface area (Å²) in [5.41, 5.74) is 3.24. The lowest BCUT2D eigenvalue weighted by molar-refractivity contribution is -0.143. The van der Waals surface area contributed by atoms with Crippen LogP contribution >= 0.6 is 0 Å². The van der Waals surface area contributed by atoms with E-state index in [0.717, 1.165) is 28.1 Å². The first-order valence-electron chi connectivity index (χ1n) is 13.1. The highest BCUT2D eigenvalue weighted by atomic mass is 19.2. The molecule has 1 aliphatic rings. The lowest BCUT2D eigenvalue weighted by Gasteiger charge is -2.40. The van der Waals surface area contributed by atoms with E-state index in [1.807, 2.05) is 30.6 Å². The number of aryl methyl sites for hydroxylation is 2. The number of carbonyl (C=O) groups excluding carboxylic acids is 1. The van der Waals surface area contributed by atoms with Crippen molar-refractivity contribution in [1.82, 2.24) is 15.4 Å². The van der Waals surface area contributed by atoms with E-state index in [2.05, 4.69) is 9.88 Å². The van der Waals surface area contributed by atoms with Crippen LogP contribution in [0.3, 0.4) is 0 Å². The average molecular weight is 546 g/mol. The van der Waals surface area contributed by atoms with Gasteiger partial charge in [0.15, 0.2) is 11.6 Å². The zero-order chi connectivity index (χ0) is 28.2. The summed E-state index contributed by atoms with van der Waals surface area (Å²) in [6.45, 7) is 3.56. The normalized spacial score (nSPS) is 16.3. The SMILES string of the molecule is COc1ccc2ncc(C)c(C(O)CCC3(C(=O)NO)CCN(CCCc4cc(F)cc(F)c4F)CC3)c2c1. The lowest BCUT2D eigenvalue weighted by atomic mass is 9.73. The second-order valence-electron chi connectivity index (χ2n) is 10.3. The van der Waals surface area contributed by atoms with Gasteiger partial charge in [0.2, 0.25) is 5.91 Å². The van der Waals surface area contributed by atoms with Gasteiger partial charge in [-0.05, 0) is 106 Å². The van der Waals surface area contributed by atoms with Crippen molar-refractivity contribution < 1.29 is 33.0 Å². The molecule has 4 rings (SSSR count). The van der Waals surface area contributed by atoms with E-state index in [4.69, 9.17) is 4.74 Å². The Kier molecular flexibility index (Phi) is 9.09. The van der Waals surface area contributed by atoms with Gasteiger partial charge in [-0.15, -0.1) is 0 Å². The summed E-state index contributed by atoms with van der Waals surface area (Å²) < 4.78 is 46.2. The second kappa shape index (κ2) is 12.3. The van der Waals surface area contributed by atoms with E-state index in [0.29, 0.717) is 63.6 Å². The van der Waals surface area contributed by atoms with E-state index in [9.17, 15) is 28.3 Å². The zero-order valence-corrected chi connectivity index (χ0v) is 22.1. The Hall–Kier alpha value is -3.21. The van der Waals surface area contributed by atoms with Crippen molar-refractivity contribution in [1.29, 1.82) is 0 Å². The van der Waals surface area contributed by atoms with Gasteiger partial charge in [-0.25, -0.2) is 18.7 Å². The predicted molar refractivity (Wildman–Crippen MR) is 140 cm³/mol. The summed E-state index contributed by atoms with van der Waals surface area (Å²) in [7, 11) is 1.57. The molecular weight excluding hydrogens is 511 g/mol. The minimum atomic E-state index is -1.20. The third-order valence-electron chi connectivity index (χ3n) is 7.93. The third kappa shape index (κ3) is 6.34. The summed E-state index contributed by atoms with van der Waals surface area (Å²) >= 11 is 0. The number of methoxy groups -OCH3 is 1. The topological polar surface area (TPSA) is 94.9 Å². The highest BCUT2D eigenvalue weighted by molar-refractivity contribution is 5.85. The molecule has 39 heavy (non-hydrogen) atoms. The fraction of sp³-hybridized carbons (Fsp3) is 0.448. The number of hydrogen-bond acceptors (Lipinski definition) is 6. The van der Waals surface area contributed by atoms with Gasteiger partial charge in [-0.1, -0.05) is 0 Å². The van der Waals surface area contributed by atoms with Crippen LogP contribution in [-0.2, 0) is 11.2 Å². The molecule has 1 atom stereocenters. The Morgan fingerprint density at radius 1 is 1.21 bits per heavy atom. The van der Waals surface area contributed by atoms with E-state index < -0.39 is 34.9 Å². The zero-order valence-electron chi connectivity index (χ0n) is 22.1. The van der Waals surface area contributed by atoms with Crippen molar-refractivity contribution in [2.45, 2.75) is 51.6 Å². The van der Waals surface area contributed by atoms with Crippen molar-refractivity contribution in [2.75, 3.05) is 26.7 Å². The quantitative estimate of drug-likeness (QED) is 0.189. The molecule has 0 aliphatic carbocycles. The number of pyridine rings is 1. The minimum Gasteiger partial charge on any atom is -0.497 e. The molecule has 10 heteroatoms. The predicted octanol–water partition coefficient (Wildman–Crippen LogP) is 5.00. The van der Waals surface area contributed by atoms with Gasteiger partial charge < -0.3 is 14.7 Å². The van der Waals surface area contributed by atoms with Crippen molar-refractivity contribution >= 4 is 16.8 Å². The molecule has 0 spiro atoms. The fourth-order valence-corrected chi connectivity index (χ4v) is 5.62. The average Bonchev–Trinajstić information content (AvgIpc) is 2.94. The number of hydrogen-bond donors (Lipinski definition) is 3. The van der Waals surface area contributed by atoms with Crippen LogP contribution in [0.1, 0.15) is 54.9 Å². The number of aromatic nitrogens is 1. The summed E-state index contributed by atoms with van der Waals surface area (Å²) in [5.74, 6) is -2.86. The maximum absolute atomic E-state index is 13.9. The molecule has 0 radical (unpaired) electrons. The number of rotatable bonds is 10. The fourth-order valence-electron chi connectivity index (χ4n) is 5.62. The Balaban J connectivity index is 1.40. The van der Waals surface area contributed by atoms with Crippen molar-refractivity contribution in [2.24, 2.45) is 5.41 Å². The van der Waals surface area contributed by atoms with Crippen molar-refractivity contribution in [3.8, 4) is 5.75 Å². The number of aliphatic hydroxyl groups excluding tert-OH is 1. The van der Waals surface area contributed by atoms with Crippen molar-refractivity contribution in [3.63, 3.8) is 0 Å². The van der Waals surface area contributed by atoms with Gasteiger partial charge in [-0.2, -0.15) is 0 Å². The first kappa shape index (κ1) is 28.8. The van der Waals surface area contributed by atoms with Gasteiger partial charge in [0.1, 0.15) is 11.6 Å². The van der Waals surface area contributed by atoms with Gasteiger partial charge in [0.05, 0.1) is 24.1 Å². The lowest BCUT2D eigenvalue weighted by Crippen LogP contribution is -2.48. The number of ether oxygens (including phenoxy) is 1. The van der Waals surface area contributed by atoms with Crippen LogP contribution in [0.5, 0.6) is 5.75 Å². The molecule has 0 bridgehead atoms. The number of amides is 1. The largest absolute Gasteiger partial charge is 0.497 e. The Morgan fingerprint density at radius 2 is 1.95 bits per heavy atom. The molecule has 7 nitrogen and oxygen atoms in total. The van der Waals surface area contributed by atoms with Crippen LogP contribution in [0.15, 0.2) is 36.5 Å². The molecule has 1 saturated heterocycles. The highest BCUT2D eigenvalue weighted by Gasteiger charge is 2.41. The number of carbonyl (C=O) groups is 1. The van der Waals surface area contributed by atoms with Crippen molar-refractivity contribution in [3.05, 3.63) is 70.7 Å². The van der Waals surface area contributed by atoms with E-state index in [1.165, 1.54) is 0 Å². The first-order chi connectivity index (χ1) is 18.7. The summed E-state index contributed by atoms with van der Waals surface area (Å²) in [6.07, 6.45) is 3.12. The number of benzene rings is 2. The molecular formula is C29H34F3N3O4. The molecule has 1 unspecified atom stereocenters. The number of nitrogens with zero attached hydrogens (tertiary/aromatic N) is 2. The number of likely N-dealkylation sites (tertiary alicyclic amines) is 1. The number of piperidine rings is 1. The minimum absolute atomic E-state index is 0.00375. The molecule has 1 aliphatic heterocycles. The highest BCUT2D eigenvalue weighted by Crippen LogP contribution is 2.40. The standard InChI is InChI=1S/C29H34F3N3O4/c1-18-17-33-24-6-5-21(39-2)16-22(24)26(18)25(36)7-8-29(28(37)34-38)9-12-35(13-10-29)11-3-4-19-14-20(30)15-23(31)27(19)32/h5-6,14-17,25,36,38H,3-4,7-13H2,1-2H3,(H,34,37). The monoisotopic (exact) mass is 545 g/mol. The Labute approximate surface area is 225 Å². The van der Waals surface area contributed by atoms with Crippen LogP contribution in [0, 0.1) is 29.8 Å². The molecule has 1 amide bonds. The molecule has 2 aromatic carbocycles. The van der Waals surface area contributed by atoms with Crippen LogP contribution in [0.2, 0.25) is 0 Å². The Bertz CT molecular complexity index is 1330. The molecule has 3 aromatic rings. The van der Waals surface area contributed by atoms with E-state index >= 15 is 0 Å². The first-order valence-corrected chi connectivity index (χ1v) is 13.1. The molecule has 2 heterocycles. The van der Waals surface area contributed by atoms with Gasteiger partial charge in [-0.3, -0.25) is 15.0 Å². The number of aliphatic hydroxyl groups is 1. The number of hydroxylamine groups is 1. The third-order valence-corrected chi connectivity index (χ3v) is 7.93. The molecule has 210 valence electrons. The van der Waals surface area contributed by atoms with E-state index in [1.54, 1.807) is 13.3 Å². The maximum atomic E-state index is 13.9.